The molecular weight excluding hydrogens is 304 g/mol. The number of piperidine rings is 1. The fraction of sp³-hybridized carbons (Fsp3) is 0.733. The molecule has 1 aliphatic rings. The van der Waals surface area contributed by atoms with Crippen molar-refractivity contribution >= 4 is 21.4 Å². The molecule has 1 saturated heterocycles. The number of hydrogen-bond acceptors (Lipinski definition) is 4. The minimum absolute atomic E-state index is 0.0665. The van der Waals surface area contributed by atoms with E-state index in [-0.39, 0.29) is 5.41 Å². The first-order valence-electron chi connectivity index (χ1n) is 7.56. The molecule has 1 aromatic heterocycles. The van der Waals surface area contributed by atoms with E-state index in [2.05, 4.69) is 19.2 Å². The molecule has 6 heteroatoms. The third kappa shape index (κ3) is 3.67. The molecule has 1 N–H and O–H groups in total. The van der Waals surface area contributed by atoms with Gasteiger partial charge in [0.25, 0.3) is 0 Å². The molecule has 2 rings (SSSR count). The van der Waals surface area contributed by atoms with Crippen LogP contribution in [-0.4, -0.2) is 32.4 Å². The van der Waals surface area contributed by atoms with Crippen molar-refractivity contribution in [3.8, 4) is 0 Å². The lowest BCUT2D eigenvalue weighted by molar-refractivity contribution is 0.187. The summed E-state index contributed by atoms with van der Waals surface area (Å²) >= 11 is 1.54. The maximum atomic E-state index is 13.0. The van der Waals surface area contributed by atoms with Gasteiger partial charge < -0.3 is 5.32 Å². The maximum Gasteiger partial charge on any atom is 0.244 e. The second-order valence-electron chi connectivity index (χ2n) is 6.56. The molecule has 0 amide bonds. The Hall–Kier alpha value is -0.430. The molecule has 120 valence electrons. The van der Waals surface area contributed by atoms with Gasteiger partial charge in [0.15, 0.2) is 0 Å². The molecule has 2 heterocycles. The molecule has 1 aliphatic heterocycles. The molecule has 1 fully saturated rings. The molecule has 4 nitrogen and oxygen atoms in total. The van der Waals surface area contributed by atoms with Crippen molar-refractivity contribution in [3.63, 3.8) is 0 Å². The van der Waals surface area contributed by atoms with Gasteiger partial charge in [0.05, 0.1) is 0 Å². The maximum absolute atomic E-state index is 13.0. The predicted molar refractivity (Wildman–Crippen MR) is 88.2 cm³/mol. The van der Waals surface area contributed by atoms with Crippen molar-refractivity contribution in [3.05, 3.63) is 15.8 Å². The van der Waals surface area contributed by atoms with E-state index in [1.54, 1.807) is 4.31 Å². The van der Waals surface area contributed by atoms with Crippen molar-refractivity contribution in [2.24, 2.45) is 5.41 Å². The van der Waals surface area contributed by atoms with E-state index in [1.807, 2.05) is 19.2 Å². The first-order valence-corrected chi connectivity index (χ1v) is 9.88. The van der Waals surface area contributed by atoms with Crippen LogP contribution in [0.25, 0.3) is 0 Å². The lowest BCUT2D eigenvalue weighted by Gasteiger charge is -2.37. The molecule has 0 unspecified atom stereocenters. The minimum Gasteiger partial charge on any atom is -0.312 e. The second kappa shape index (κ2) is 6.36. The van der Waals surface area contributed by atoms with Crippen molar-refractivity contribution < 1.29 is 8.42 Å². The van der Waals surface area contributed by atoms with Crippen LogP contribution in [0.3, 0.4) is 0 Å². The SMILES string of the molecule is CCNCc1scc(C)c1S(=O)(=O)N1CCCC(C)(C)C1. The van der Waals surface area contributed by atoms with Gasteiger partial charge in [-0.25, -0.2) is 8.42 Å². The van der Waals surface area contributed by atoms with Gasteiger partial charge in [0.2, 0.25) is 10.0 Å². The fourth-order valence-corrected chi connectivity index (χ4v) is 6.30. The zero-order valence-electron chi connectivity index (χ0n) is 13.4. The summed E-state index contributed by atoms with van der Waals surface area (Å²) in [6, 6.07) is 0. The van der Waals surface area contributed by atoms with E-state index in [1.165, 1.54) is 11.3 Å². The van der Waals surface area contributed by atoms with Crippen molar-refractivity contribution in [1.29, 1.82) is 0 Å². The molecule has 0 atom stereocenters. The number of sulfonamides is 1. The smallest absolute Gasteiger partial charge is 0.244 e. The monoisotopic (exact) mass is 330 g/mol. The van der Waals surface area contributed by atoms with Gasteiger partial charge in [0, 0.05) is 24.5 Å². The van der Waals surface area contributed by atoms with E-state index < -0.39 is 10.0 Å². The highest BCUT2D eigenvalue weighted by atomic mass is 32.2. The number of rotatable bonds is 5. The fourth-order valence-electron chi connectivity index (χ4n) is 2.90. The van der Waals surface area contributed by atoms with E-state index in [4.69, 9.17) is 0 Å². The van der Waals surface area contributed by atoms with Crippen LogP contribution in [0.2, 0.25) is 0 Å². The Morgan fingerprint density at radius 3 is 2.76 bits per heavy atom. The van der Waals surface area contributed by atoms with Crippen molar-refractivity contribution in [1.82, 2.24) is 9.62 Å². The Morgan fingerprint density at radius 2 is 2.14 bits per heavy atom. The van der Waals surface area contributed by atoms with Crippen LogP contribution in [0.5, 0.6) is 0 Å². The van der Waals surface area contributed by atoms with E-state index in [0.717, 1.165) is 29.8 Å². The lowest BCUT2D eigenvalue weighted by Crippen LogP contribution is -2.43. The number of nitrogens with zero attached hydrogens (tertiary/aromatic N) is 1. The normalized spacial score (nSPS) is 19.8. The molecule has 0 radical (unpaired) electrons. The number of aryl methyl sites for hydroxylation is 1. The Labute approximate surface area is 132 Å². The minimum atomic E-state index is -3.38. The van der Waals surface area contributed by atoms with Crippen LogP contribution < -0.4 is 5.32 Å². The molecule has 1 aromatic rings. The summed E-state index contributed by atoms with van der Waals surface area (Å²) in [4.78, 5) is 1.46. The van der Waals surface area contributed by atoms with Crippen LogP contribution in [0.4, 0.5) is 0 Å². The Balaban J connectivity index is 2.33. The molecule has 0 saturated carbocycles. The molecule has 0 bridgehead atoms. The first-order chi connectivity index (χ1) is 9.78. The summed E-state index contributed by atoms with van der Waals surface area (Å²) in [5, 5.41) is 5.19. The highest BCUT2D eigenvalue weighted by Crippen LogP contribution is 2.35. The number of hydrogen-bond donors (Lipinski definition) is 1. The van der Waals surface area contributed by atoms with Crippen LogP contribution in [0.1, 0.15) is 44.1 Å². The summed E-state index contributed by atoms with van der Waals surface area (Å²) in [5.74, 6) is 0. The summed E-state index contributed by atoms with van der Waals surface area (Å²) in [7, 11) is -3.38. The third-order valence-electron chi connectivity index (χ3n) is 3.99. The highest BCUT2D eigenvalue weighted by molar-refractivity contribution is 7.89. The van der Waals surface area contributed by atoms with Crippen LogP contribution in [-0.2, 0) is 16.6 Å². The summed E-state index contributed by atoms with van der Waals surface area (Å²) in [6.07, 6.45) is 2.03. The summed E-state index contributed by atoms with van der Waals surface area (Å²) < 4.78 is 27.8. The van der Waals surface area contributed by atoms with E-state index in [9.17, 15) is 8.42 Å². The third-order valence-corrected chi connectivity index (χ3v) is 7.30. The van der Waals surface area contributed by atoms with Gasteiger partial charge in [-0.2, -0.15) is 4.31 Å². The van der Waals surface area contributed by atoms with Crippen molar-refractivity contribution in [2.75, 3.05) is 19.6 Å². The van der Waals surface area contributed by atoms with Gasteiger partial charge >= 0.3 is 0 Å². The van der Waals surface area contributed by atoms with Gasteiger partial charge in [-0.1, -0.05) is 20.8 Å². The molecular formula is C15H26N2O2S2. The second-order valence-corrected chi connectivity index (χ2v) is 9.40. The zero-order valence-corrected chi connectivity index (χ0v) is 15.0. The summed E-state index contributed by atoms with van der Waals surface area (Å²) in [6.45, 7) is 10.9. The number of nitrogens with one attached hydrogen (secondary N) is 1. The van der Waals surface area contributed by atoms with Crippen LogP contribution in [0, 0.1) is 12.3 Å². The Morgan fingerprint density at radius 1 is 1.43 bits per heavy atom. The Kier molecular flexibility index (Phi) is 5.13. The first kappa shape index (κ1) is 16.9. The average Bonchev–Trinajstić information content (AvgIpc) is 2.77. The molecule has 0 aliphatic carbocycles. The largest absolute Gasteiger partial charge is 0.312 e. The van der Waals surface area contributed by atoms with Gasteiger partial charge in [-0.15, -0.1) is 11.3 Å². The highest BCUT2D eigenvalue weighted by Gasteiger charge is 2.36. The molecule has 0 aromatic carbocycles. The van der Waals surface area contributed by atoms with E-state index in [0.29, 0.717) is 24.5 Å². The Bertz CT molecular complexity index is 591. The lowest BCUT2D eigenvalue weighted by atomic mass is 9.85. The standard InChI is InChI=1S/C15H26N2O2S2/c1-5-16-9-13-14(12(2)10-20-13)21(18,19)17-8-6-7-15(3,4)11-17/h10,16H,5-9,11H2,1-4H3. The number of thiophene rings is 1. The van der Waals surface area contributed by atoms with Gasteiger partial charge in [0.1, 0.15) is 4.90 Å². The van der Waals surface area contributed by atoms with Gasteiger partial charge in [-0.3, -0.25) is 0 Å². The van der Waals surface area contributed by atoms with Crippen molar-refractivity contribution in [2.45, 2.75) is 52.0 Å². The van der Waals surface area contributed by atoms with Gasteiger partial charge in [-0.05, 0) is 42.7 Å². The van der Waals surface area contributed by atoms with Crippen LogP contribution >= 0.6 is 11.3 Å². The average molecular weight is 331 g/mol. The zero-order chi connectivity index (χ0) is 15.7. The topological polar surface area (TPSA) is 49.4 Å². The van der Waals surface area contributed by atoms with Crippen LogP contribution in [0.15, 0.2) is 10.3 Å². The van der Waals surface area contributed by atoms with E-state index >= 15 is 0 Å². The summed E-state index contributed by atoms with van der Waals surface area (Å²) in [5.41, 5.74) is 0.938. The molecule has 0 spiro atoms. The quantitative estimate of drug-likeness (QED) is 0.903. The predicted octanol–water partition coefficient (Wildman–Crippen LogP) is 2.98. The molecule has 21 heavy (non-hydrogen) atoms.